The minimum absolute atomic E-state index is 0.125. The maximum atomic E-state index is 13.0. The number of aromatic nitrogens is 2. The molecule has 0 aliphatic carbocycles. The van der Waals surface area contributed by atoms with E-state index < -0.39 is 17.4 Å². The first-order valence-electron chi connectivity index (χ1n) is 10.1. The molecule has 0 unspecified atom stereocenters. The maximum Gasteiger partial charge on any atom is 0.258 e. The minimum Gasteiger partial charge on any atom is -0.337 e. The third kappa shape index (κ3) is 3.92. The monoisotopic (exact) mass is 429 g/mol. The standard InChI is InChI=1S/C21H24ClN5O3/c1-11-5-3-6-12(2)27(11)21-25-18-17(20(30)26-21)15(10-16(28)24-18)19(29)23-14-8-4-7-13(22)9-14/h4,7-9,11-12,15H,3,5-6,10H2,1-2H3,(H,23,29)(H2,24,25,26,28,30)/t11-,12-,15+/m1/s1. The van der Waals surface area contributed by atoms with Gasteiger partial charge in [0.1, 0.15) is 5.82 Å². The van der Waals surface area contributed by atoms with E-state index in [9.17, 15) is 14.4 Å². The van der Waals surface area contributed by atoms with Gasteiger partial charge in [-0.05, 0) is 51.3 Å². The highest BCUT2D eigenvalue weighted by atomic mass is 35.5. The zero-order chi connectivity index (χ0) is 21.4. The molecule has 1 aromatic carbocycles. The van der Waals surface area contributed by atoms with Crippen LogP contribution in [-0.2, 0) is 9.59 Å². The summed E-state index contributed by atoms with van der Waals surface area (Å²) in [6.45, 7) is 4.18. The predicted molar refractivity (Wildman–Crippen MR) is 116 cm³/mol. The van der Waals surface area contributed by atoms with Gasteiger partial charge in [-0.25, -0.2) is 0 Å². The molecule has 158 valence electrons. The molecule has 30 heavy (non-hydrogen) atoms. The van der Waals surface area contributed by atoms with E-state index in [0.29, 0.717) is 16.7 Å². The first-order chi connectivity index (χ1) is 14.3. The van der Waals surface area contributed by atoms with Crippen molar-refractivity contribution in [2.75, 3.05) is 15.5 Å². The molecule has 2 aromatic rings. The Labute approximate surface area is 179 Å². The average Bonchev–Trinajstić information content (AvgIpc) is 2.67. The predicted octanol–water partition coefficient (Wildman–Crippen LogP) is 3.26. The molecule has 0 spiro atoms. The molecule has 0 saturated carbocycles. The number of nitrogens with zero attached hydrogens (tertiary/aromatic N) is 2. The van der Waals surface area contributed by atoms with Crippen LogP contribution in [0.4, 0.5) is 17.5 Å². The Morgan fingerprint density at radius 3 is 2.67 bits per heavy atom. The fourth-order valence-corrected chi connectivity index (χ4v) is 4.53. The summed E-state index contributed by atoms with van der Waals surface area (Å²) in [5.41, 5.74) is 0.262. The van der Waals surface area contributed by atoms with Crippen LogP contribution in [-0.4, -0.2) is 33.9 Å². The molecule has 2 aliphatic rings. The number of fused-ring (bicyclic) bond motifs is 1. The zero-order valence-corrected chi connectivity index (χ0v) is 17.6. The number of anilines is 3. The van der Waals surface area contributed by atoms with Gasteiger partial charge < -0.3 is 15.5 Å². The molecule has 1 aromatic heterocycles. The van der Waals surface area contributed by atoms with Crippen LogP contribution < -0.4 is 21.1 Å². The Balaban J connectivity index is 1.68. The molecule has 0 radical (unpaired) electrons. The van der Waals surface area contributed by atoms with E-state index in [0.717, 1.165) is 19.3 Å². The van der Waals surface area contributed by atoms with Gasteiger partial charge in [-0.3, -0.25) is 19.4 Å². The highest BCUT2D eigenvalue weighted by Gasteiger charge is 2.36. The highest BCUT2D eigenvalue weighted by Crippen LogP contribution is 2.32. The summed E-state index contributed by atoms with van der Waals surface area (Å²) in [6.07, 6.45) is 3.00. The van der Waals surface area contributed by atoms with Crippen LogP contribution >= 0.6 is 11.6 Å². The number of benzene rings is 1. The number of amides is 2. The lowest BCUT2D eigenvalue weighted by Crippen LogP contribution is -2.46. The van der Waals surface area contributed by atoms with Gasteiger partial charge in [0.15, 0.2) is 0 Å². The van der Waals surface area contributed by atoms with Crippen LogP contribution in [0.3, 0.4) is 0 Å². The molecule has 2 aliphatic heterocycles. The fraction of sp³-hybridized carbons (Fsp3) is 0.429. The molecular weight excluding hydrogens is 406 g/mol. The normalized spacial score (nSPS) is 23.5. The van der Waals surface area contributed by atoms with E-state index in [1.54, 1.807) is 24.3 Å². The van der Waals surface area contributed by atoms with Crippen molar-refractivity contribution in [3.63, 3.8) is 0 Å². The van der Waals surface area contributed by atoms with Crippen molar-refractivity contribution in [1.82, 2.24) is 9.97 Å². The number of rotatable bonds is 3. The van der Waals surface area contributed by atoms with Crippen LogP contribution in [0.2, 0.25) is 5.02 Å². The van der Waals surface area contributed by atoms with Gasteiger partial charge in [0.25, 0.3) is 5.56 Å². The quantitative estimate of drug-likeness (QED) is 0.694. The van der Waals surface area contributed by atoms with Gasteiger partial charge in [-0.2, -0.15) is 4.98 Å². The largest absolute Gasteiger partial charge is 0.337 e. The number of H-pyrrole nitrogens is 1. The van der Waals surface area contributed by atoms with E-state index in [4.69, 9.17) is 11.6 Å². The van der Waals surface area contributed by atoms with E-state index in [2.05, 4.69) is 39.3 Å². The lowest BCUT2D eigenvalue weighted by atomic mass is 9.92. The summed E-state index contributed by atoms with van der Waals surface area (Å²) in [4.78, 5) is 47.7. The first kappa shape index (κ1) is 20.4. The highest BCUT2D eigenvalue weighted by molar-refractivity contribution is 6.30. The third-order valence-electron chi connectivity index (χ3n) is 5.79. The second-order valence-corrected chi connectivity index (χ2v) is 8.43. The SMILES string of the molecule is C[C@@H]1CCC[C@@H](C)N1c1nc2c(c(=O)[nH]1)[C@@H](C(=O)Nc1cccc(Cl)c1)CC(=O)N2. The Morgan fingerprint density at radius 1 is 1.23 bits per heavy atom. The number of halogens is 1. The van der Waals surface area contributed by atoms with Crippen molar-refractivity contribution in [3.05, 3.63) is 45.2 Å². The number of aromatic amines is 1. The molecule has 3 heterocycles. The van der Waals surface area contributed by atoms with E-state index in [1.807, 2.05) is 0 Å². The number of hydrogen-bond donors (Lipinski definition) is 3. The van der Waals surface area contributed by atoms with Crippen LogP contribution in [0, 0.1) is 0 Å². The Hall–Kier alpha value is -2.87. The van der Waals surface area contributed by atoms with E-state index in [-0.39, 0.29) is 35.8 Å². The third-order valence-corrected chi connectivity index (χ3v) is 6.02. The van der Waals surface area contributed by atoms with Crippen LogP contribution in [0.5, 0.6) is 0 Å². The van der Waals surface area contributed by atoms with Crippen molar-refractivity contribution in [2.24, 2.45) is 0 Å². The van der Waals surface area contributed by atoms with Crippen molar-refractivity contribution < 1.29 is 9.59 Å². The van der Waals surface area contributed by atoms with Crippen molar-refractivity contribution in [3.8, 4) is 0 Å². The van der Waals surface area contributed by atoms with Crippen LogP contribution in [0.25, 0.3) is 0 Å². The number of piperidine rings is 1. The molecule has 3 N–H and O–H groups in total. The van der Waals surface area contributed by atoms with E-state index >= 15 is 0 Å². The molecular formula is C21H24ClN5O3. The molecule has 3 atom stereocenters. The number of nitrogens with one attached hydrogen (secondary N) is 3. The molecule has 2 amide bonds. The Kier molecular flexibility index (Phi) is 5.51. The molecule has 1 fully saturated rings. The lowest BCUT2D eigenvalue weighted by molar-refractivity contribution is -0.123. The Morgan fingerprint density at radius 2 is 1.97 bits per heavy atom. The van der Waals surface area contributed by atoms with Gasteiger partial charge in [0, 0.05) is 29.2 Å². The summed E-state index contributed by atoms with van der Waals surface area (Å²) in [5.74, 6) is -1.16. The Bertz CT molecular complexity index is 1040. The van der Waals surface area contributed by atoms with Crippen molar-refractivity contribution in [2.45, 2.75) is 57.5 Å². The second kappa shape index (κ2) is 8.10. The molecule has 4 rings (SSSR count). The van der Waals surface area contributed by atoms with Crippen molar-refractivity contribution in [1.29, 1.82) is 0 Å². The summed E-state index contributed by atoms with van der Waals surface area (Å²) >= 11 is 5.97. The van der Waals surface area contributed by atoms with Gasteiger partial charge in [0.05, 0.1) is 11.5 Å². The van der Waals surface area contributed by atoms with Crippen LogP contribution in [0.1, 0.15) is 51.0 Å². The molecule has 1 saturated heterocycles. The van der Waals surface area contributed by atoms with Gasteiger partial charge in [-0.1, -0.05) is 17.7 Å². The summed E-state index contributed by atoms with van der Waals surface area (Å²) in [7, 11) is 0. The van der Waals surface area contributed by atoms with Gasteiger partial charge in [-0.15, -0.1) is 0 Å². The number of hydrogen-bond acceptors (Lipinski definition) is 5. The topological polar surface area (TPSA) is 107 Å². The first-order valence-corrected chi connectivity index (χ1v) is 10.5. The fourth-order valence-electron chi connectivity index (χ4n) is 4.34. The zero-order valence-electron chi connectivity index (χ0n) is 16.9. The summed E-state index contributed by atoms with van der Waals surface area (Å²) in [5, 5.41) is 5.88. The van der Waals surface area contributed by atoms with Crippen LogP contribution in [0.15, 0.2) is 29.1 Å². The summed E-state index contributed by atoms with van der Waals surface area (Å²) < 4.78 is 0. The molecule has 8 nitrogen and oxygen atoms in total. The average molecular weight is 430 g/mol. The maximum absolute atomic E-state index is 13.0. The van der Waals surface area contributed by atoms with Crippen molar-refractivity contribution >= 4 is 40.9 Å². The van der Waals surface area contributed by atoms with Gasteiger partial charge >= 0.3 is 0 Å². The number of carbonyl (C=O) groups is 2. The second-order valence-electron chi connectivity index (χ2n) is 7.99. The lowest BCUT2D eigenvalue weighted by Gasteiger charge is -2.39. The minimum atomic E-state index is -0.936. The smallest absolute Gasteiger partial charge is 0.258 e. The molecule has 0 bridgehead atoms. The molecule has 9 heteroatoms. The number of carbonyl (C=O) groups excluding carboxylic acids is 2. The van der Waals surface area contributed by atoms with E-state index in [1.165, 1.54) is 0 Å². The summed E-state index contributed by atoms with van der Waals surface area (Å²) in [6, 6.07) is 7.14. The van der Waals surface area contributed by atoms with Gasteiger partial charge in [0.2, 0.25) is 17.8 Å².